The minimum Gasteiger partial charge on any atom is -0.368 e. The molecule has 0 bridgehead atoms. The van der Waals surface area contributed by atoms with Gasteiger partial charge in [0.05, 0.1) is 0 Å². The van der Waals surface area contributed by atoms with Gasteiger partial charge in [-0.15, -0.1) is 0 Å². The summed E-state index contributed by atoms with van der Waals surface area (Å²) in [5.74, 6) is 0.543. The molecule has 0 radical (unpaired) electrons. The van der Waals surface area contributed by atoms with Crippen LogP contribution in [0.1, 0.15) is 0 Å². The van der Waals surface area contributed by atoms with E-state index in [-0.39, 0.29) is 5.95 Å². The van der Waals surface area contributed by atoms with Gasteiger partial charge >= 0.3 is 0 Å². The fraction of sp³-hybridized carbons (Fsp3) is 0. The van der Waals surface area contributed by atoms with Crippen molar-refractivity contribution < 1.29 is 0 Å². The number of aromatic nitrogens is 5. The molecule has 1 aromatic carbocycles. The maximum atomic E-state index is 5.85. The Hall–Kier alpha value is -2.12. The lowest BCUT2D eigenvalue weighted by atomic mass is 10.4. The SMILES string of the molecule is Nc1nc(Sc2ccc(Cl)cc2)nc(-n2cccn2)n1. The lowest BCUT2D eigenvalue weighted by molar-refractivity contribution is 0.764. The van der Waals surface area contributed by atoms with Gasteiger partial charge < -0.3 is 5.73 Å². The first-order valence-corrected chi connectivity index (χ1v) is 6.85. The standard InChI is InChI=1S/C12H9ClN6S/c13-8-2-4-9(5-3-8)20-12-17-10(14)16-11(18-12)19-7-1-6-15-19/h1-7H,(H2,14,16,17,18). The molecule has 2 aromatic heterocycles. The summed E-state index contributed by atoms with van der Waals surface area (Å²) in [5, 5.41) is 5.26. The zero-order valence-corrected chi connectivity index (χ0v) is 11.7. The quantitative estimate of drug-likeness (QED) is 0.800. The van der Waals surface area contributed by atoms with Crippen LogP contribution in [0.3, 0.4) is 0 Å². The van der Waals surface area contributed by atoms with Crippen molar-refractivity contribution in [1.29, 1.82) is 0 Å². The van der Waals surface area contributed by atoms with Crippen LogP contribution in [0.2, 0.25) is 5.02 Å². The number of hydrogen-bond donors (Lipinski definition) is 1. The molecule has 0 atom stereocenters. The molecule has 2 heterocycles. The van der Waals surface area contributed by atoms with Gasteiger partial charge in [0.2, 0.25) is 5.95 Å². The molecule has 0 fully saturated rings. The van der Waals surface area contributed by atoms with Crippen LogP contribution in [0.4, 0.5) is 5.95 Å². The number of nitrogens with zero attached hydrogens (tertiary/aromatic N) is 5. The van der Waals surface area contributed by atoms with Crippen LogP contribution in [0.5, 0.6) is 0 Å². The number of rotatable bonds is 3. The lowest BCUT2D eigenvalue weighted by Crippen LogP contribution is -2.07. The fourth-order valence-electron chi connectivity index (χ4n) is 1.50. The van der Waals surface area contributed by atoms with Gasteiger partial charge in [-0.2, -0.15) is 20.1 Å². The first-order chi connectivity index (χ1) is 9.70. The van der Waals surface area contributed by atoms with Crippen molar-refractivity contribution in [2.24, 2.45) is 0 Å². The van der Waals surface area contributed by atoms with Crippen LogP contribution in [-0.4, -0.2) is 24.7 Å². The second kappa shape index (κ2) is 5.48. The van der Waals surface area contributed by atoms with E-state index in [0.717, 1.165) is 4.90 Å². The summed E-state index contributed by atoms with van der Waals surface area (Å²) in [4.78, 5) is 13.4. The topological polar surface area (TPSA) is 82.5 Å². The maximum Gasteiger partial charge on any atom is 0.256 e. The molecule has 8 heteroatoms. The Morgan fingerprint density at radius 3 is 2.60 bits per heavy atom. The summed E-state index contributed by atoms with van der Waals surface area (Å²) in [6.45, 7) is 0. The zero-order valence-electron chi connectivity index (χ0n) is 10.1. The van der Waals surface area contributed by atoms with Crippen molar-refractivity contribution in [2.75, 3.05) is 5.73 Å². The molecule has 6 nitrogen and oxygen atoms in total. The van der Waals surface area contributed by atoms with E-state index >= 15 is 0 Å². The lowest BCUT2D eigenvalue weighted by Gasteiger charge is -2.04. The number of hydrogen-bond acceptors (Lipinski definition) is 6. The Kier molecular flexibility index (Phi) is 3.53. The average Bonchev–Trinajstić information content (AvgIpc) is 2.95. The van der Waals surface area contributed by atoms with Crippen molar-refractivity contribution in [3.8, 4) is 5.95 Å². The molecule has 0 amide bonds. The molecule has 0 aliphatic carbocycles. The van der Waals surface area contributed by atoms with Crippen LogP contribution in [-0.2, 0) is 0 Å². The number of benzene rings is 1. The van der Waals surface area contributed by atoms with Gasteiger partial charge in [0.25, 0.3) is 5.95 Å². The predicted molar refractivity (Wildman–Crippen MR) is 76.9 cm³/mol. The summed E-state index contributed by atoms with van der Waals surface area (Å²) in [7, 11) is 0. The Balaban J connectivity index is 1.92. The van der Waals surface area contributed by atoms with Crippen molar-refractivity contribution in [1.82, 2.24) is 24.7 Å². The van der Waals surface area contributed by atoms with E-state index in [2.05, 4.69) is 20.1 Å². The maximum absolute atomic E-state index is 5.85. The number of nitrogens with two attached hydrogens (primary N) is 1. The monoisotopic (exact) mass is 304 g/mol. The molecule has 0 saturated carbocycles. The third-order valence-corrected chi connectivity index (χ3v) is 3.48. The molecule has 0 aliphatic heterocycles. The molecule has 0 unspecified atom stereocenters. The summed E-state index contributed by atoms with van der Waals surface area (Å²) in [6, 6.07) is 9.18. The minimum absolute atomic E-state index is 0.155. The van der Waals surface area contributed by atoms with Crippen LogP contribution >= 0.6 is 23.4 Å². The van der Waals surface area contributed by atoms with Crippen LogP contribution in [0, 0.1) is 0 Å². The first-order valence-electron chi connectivity index (χ1n) is 5.66. The highest BCUT2D eigenvalue weighted by Gasteiger charge is 2.08. The molecular weight excluding hydrogens is 296 g/mol. The van der Waals surface area contributed by atoms with Gasteiger partial charge in [0.1, 0.15) is 0 Å². The van der Waals surface area contributed by atoms with Gasteiger partial charge in [-0.25, -0.2) is 4.68 Å². The summed E-state index contributed by atoms with van der Waals surface area (Å²) < 4.78 is 1.53. The Morgan fingerprint density at radius 2 is 1.90 bits per heavy atom. The molecule has 0 spiro atoms. The van der Waals surface area contributed by atoms with Crippen molar-refractivity contribution in [2.45, 2.75) is 10.1 Å². The summed E-state index contributed by atoms with van der Waals surface area (Å²) in [5.41, 5.74) is 5.71. The van der Waals surface area contributed by atoms with Crippen molar-refractivity contribution in [3.05, 3.63) is 47.7 Å². The Labute approximate surface area is 124 Å². The highest BCUT2D eigenvalue weighted by Crippen LogP contribution is 2.26. The minimum atomic E-state index is 0.155. The second-order valence-electron chi connectivity index (χ2n) is 3.78. The van der Waals surface area contributed by atoms with E-state index < -0.39 is 0 Å². The van der Waals surface area contributed by atoms with E-state index in [0.29, 0.717) is 16.1 Å². The van der Waals surface area contributed by atoms with Gasteiger partial charge in [-0.3, -0.25) is 0 Å². The van der Waals surface area contributed by atoms with Crippen LogP contribution in [0.15, 0.2) is 52.8 Å². The number of halogens is 1. The second-order valence-corrected chi connectivity index (χ2v) is 5.26. The van der Waals surface area contributed by atoms with Crippen molar-refractivity contribution in [3.63, 3.8) is 0 Å². The molecule has 0 saturated heterocycles. The molecular formula is C12H9ClN6S. The Morgan fingerprint density at radius 1 is 1.10 bits per heavy atom. The number of anilines is 1. The van der Waals surface area contributed by atoms with Gasteiger partial charge in [0.15, 0.2) is 5.16 Å². The van der Waals surface area contributed by atoms with E-state index in [1.165, 1.54) is 16.4 Å². The van der Waals surface area contributed by atoms with Gasteiger partial charge in [-0.05, 0) is 42.1 Å². The molecule has 100 valence electrons. The zero-order chi connectivity index (χ0) is 13.9. The normalized spacial score (nSPS) is 10.7. The fourth-order valence-corrected chi connectivity index (χ4v) is 2.38. The molecule has 20 heavy (non-hydrogen) atoms. The van der Waals surface area contributed by atoms with Crippen LogP contribution in [0.25, 0.3) is 5.95 Å². The predicted octanol–water partition coefficient (Wildman–Crippen LogP) is 2.44. The first kappa shape index (κ1) is 12.9. The van der Waals surface area contributed by atoms with E-state index in [9.17, 15) is 0 Å². The van der Waals surface area contributed by atoms with E-state index in [4.69, 9.17) is 17.3 Å². The average molecular weight is 305 g/mol. The van der Waals surface area contributed by atoms with Crippen molar-refractivity contribution >= 4 is 29.3 Å². The summed E-state index contributed by atoms with van der Waals surface area (Å²) in [6.07, 6.45) is 3.39. The third-order valence-electron chi connectivity index (χ3n) is 2.35. The molecule has 2 N–H and O–H groups in total. The number of nitrogen functional groups attached to an aromatic ring is 1. The van der Waals surface area contributed by atoms with E-state index in [1.807, 2.05) is 24.3 Å². The Bertz CT molecular complexity index is 713. The molecule has 3 rings (SSSR count). The van der Waals surface area contributed by atoms with Crippen LogP contribution < -0.4 is 5.73 Å². The highest BCUT2D eigenvalue weighted by atomic mass is 35.5. The van der Waals surface area contributed by atoms with E-state index in [1.54, 1.807) is 18.5 Å². The molecule has 3 aromatic rings. The summed E-state index contributed by atoms with van der Waals surface area (Å²) >= 11 is 7.23. The highest BCUT2D eigenvalue weighted by molar-refractivity contribution is 7.99. The molecule has 0 aliphatic rings. The largest absolute Gasteiger partial charge is 0.368 e. The van der Waals surface area contributed by atoms with Gasteiger partial charge in [-0.1, -0.05) is 11.6 Å². The van der Waals surface area contributed by atoms with Gasteiger partial charge in [0, 0.05) is 22.3 Å². The third kappa shape index (κ3) is 2.89. The smallest absolute Gasteiger partial charge is 0.256 e.